The molecule has 0 saturated heterocycles. The minimum atomic E-state index is -0.511. The third-order valence-electron chi connectivity index (χ3n) is 4.63. The summed E-state index contributed by atoms with van der Waals surface area (Å²) in [5, 5.41) is 2.99. The van der Waals surface area contributed by atoms with Crippen LogP contribution in [0, 0.1) is 13.8 Å². The highest BCUT2D eigenvalue weighted by molar-refractivity contribution is 6.06. The van der Waals surface area contributed by atoms with E-state index in [1.807, 2.05) is 20.8 Å². The molecule has 1 unspecified atom stereocenters. The predicted octanol–water partition coefficient (Wildman–Crippen LogP) is 3.58. The fraction of sp³-hybridized carbons (Fsp3) is 0.316. The largest absolute Gasteiger partial charge is 0.325 e. The van der Waals surface area contributed by atoms with Crippen LogP contribution in [0.25, 0.3) is 0 Å². The number of fused-ring (bicyclic) bond motifs is 1. The van der Waals surface area contributed by atoms with E-state index in [0.29, 0.717) is 0 Å². The molecule has 0 saturated carbocycles. The summed E-state index contributed by atoms with van der Waals surface area (Å²) < 4.78 is 0. The van der Waals surface area contributed by atoms with E-state index in [2.05, 4.69) is 48.6 Å². The first kappa shape index (κ1) is 14.8. The molecule has 0 aromatic heterocycles. The molecule has 0 radical (unpaired) electrons. The predicted molar refractivity (Wildman–Crippen MR) is 90.0 cm³/mol. The molecule has 0 bridgehead atoms. The topological polar surface area (TPSA) is 55.1 Å². The number of nitrogens with two attached hydrogens (primary N) is 1. The van der Waals surface area contributed by atoms with Gasteiger partial charge in [0.1, 0.15) is 0 Å². The van der Waals surface area contributed by atoms with Crippen LogP contribution in [-0.4, -0.2) is 5.91 Å². The summed E-state index contributed by atoms with van der Waals surface area (Å²) >= 11 is 0. The number of anilines is 1. The number of aryl methyl sites for hydroxylation is 2. The van der Waals surface area contributed by atoms with Crippen molar-refractivity contribution in [2.45, 2.75) is 39.2 Å². The Balaban J connectivity index is 2.07. The molecule has 3 heteroatoms. The number of benzene rings is 2. The summed E-state index contributed by atoms with van der Waals surface area (Å²) in [5.41, 5.74) is 12.3. The van der Waals surface area contributed by atoms with E-state index >= 15 is 0 Å². The van der Waals surface area contributed by atoms with E-state index < -0.39 is 5.41 Å². The van der Waals surface area contributed by atoms with Crippen molar-refractivity contribution in [1.82, 2.24) is 0 Å². The lowest BCUT2D eigenvalue weighted by molar-refractivity contribution is -0.119. The van der Waals surface area contributed by atoms with Crippen molar-refractivity contribution in [2.24, 2.45) is 5.73 Å². The van der Waals surface area contributed by atoms with E-state index in [1.165, 1.54) is 5.56 Å². The fourth-order valence-electron chi connectivity index (χ4n) is 3.01. The lowest BCUT2D eigenvalue weighted by atomic mass is 9.83. The standard InChI is InChI=1S/C19H22N2O/c1-11-5-7-13(8-6-11)16(20)14-9-12(2)17-15(10-14)19(3,4)18(22)21-17/h5-10,16H,20H2,1-4H3,(H,21,22). The summed E-state index contributed by atoms with van der Waals surface area (Å²) in [5.74, 6) is 0.0478. The van der Waals surface area contributed by atoms with Crippen molar-refractivity contribution in [3.63, 3.8) is 0 Å². The molecule has 0 aliphatic carbocycles. The summed E-state index contributed by atoms with van der Waals surface area (Å²) in [6.07, 6.45) is 0. The van der Waals surface area contributed by atoms with Crippen molar-refractivity contribution < 1.29 is 4.79 Å². The summed E-state index contributed by atoms with van der Waals surface area (Å²) in [6.45, 7) is 7.99. The number of amides is 1. The van der Waals surface area contributed by atoms with Crippen LogP contribution < -0.4 is 11.1 Å². The second-order valence-electron chi connectivity index (χ2n) is 6.73. The minimum absolute atomic E-state index is 0.0478. The lowest BCUT2D eigenvalue weighted by Gasteiger charge is -2.19. The fourth-order valence-corrected chi connectivity index (χ4v) is 3.01. The molecule has 2 aromatic carbocycles. The Bertz CT molecular complexity index is 745. The van der Waals surface area contributed by atoms with Crippen LogP contribution >= 0.6 is 0 Å². The van der Waals surface area contributed by atoms with Crippen molar-refractivity contribution in [2.75, 3.05) is 5.32 Å². The lowest BCUT2D eigenvalue weighted by Crippen LogP contribution is -2.27. The van der Waals surface area contributed by atoms with Gasteiger partial charge in [-0.05, 0) is 49.9 Å². The van der Waals surface area contributed by atoms with Gasteiger partial charge in [-0.2, -0.15) is 0 Å². The van der Waals surface area contributed by atoms with Crippen LogP contribution in [-0.2, 0) is 10.2 Å². The van der Waals surface area contributed by atoms with Crippen molar-refractivity contribution in [1.29, 1.82) is 0 Å². The maximum absolute atomic E-state index is 12.2. The van der Waals surface area contributed by atoms with Crippen LogP contribution in [0.15, 0.2) is 36.4 Å². The second kappa shape index (κ2) is 4.96. The third-order valence-corrected chi connectivity index (χ3v) is 4.63. The number of rotatable bonds is 2. The van der Waals surface area contributed by atoms with E-state index in [1.54, 1.807) is 0 Å². The van der Waals surface area contributed by atoms with E-state index in [0.717, 1.165) is 27.9 Å². The molecule has 1 atom stereocenters. The van der Waals surface area contributed by atoms with Gasteiger partial charge in [-0.1, -0.05) is 42.0 Å². The first-order chi connectivity index (χ1) is 10.3. The first-order valence-electron chi connectivity index (χ1n) is 7.59. The summed E-state index contributed by atoms with van der Waals surface area (Å²) in [6, 6.07) is 12.2. The Morgan fingerprint density at radius 3 is 2.32 bits per heavy atom. The SMILES string of the molecule is Cc1ccc(C(N)c2cc(C)c3c(c2)C(C)(C)C(=O)N3)cc1. The average molecular weight is 294 g/mol. The van der Waals surface area contributed by atoms with Crippen molar-refractivity contribution in [3.05, 3.63) is 64.2 Å². The van der Waals surface area contributed by atoms with Gasteiger partial charge in [0.2, 0.25) is 5.91 Å². The van der Waals surface area contributed by atoms with Crippen LogP contribution in [0.4, 0.5) is 5.69 Å². The monoisotopic (exact) mass is 294 g/mol. The van der Waals surface area contributed by atoms with Crippen LogP contribution in [0.5, 0.6) is 0 Å². The van der Waals surface area contributed by atoms with Gasteiger partial charge >= 0.3 is 0 Å². The molecule has 1 amide bonds. The Labute approximate surface area is 131 Å². The summed E-state index contributed by atoms with van der Waals surface area (Å²) in [4.78, 5) is 12.2. The smallest absolute Gasteiger partial charge is 0.234 e. The van der Waals surface area contributed by atoms with Crippen molar-refractivity contribution >= 4 is 11.6 Å². The molecule has 2 aromatic rings. The second-order valence-corrected chi connectivity index (χ2v) is 6.73. The maximum Gasteiger partial charge on any atom is 0.234 e. The van der Waals surface area contributed by atoms with Crippen LogP contribution in [0.3, 0.4) is 0 Å². The molecule has 0 spiro atoms. The molecule has 3 N–H and O–H groups in total. The number of carbonyl (C=O) groups is 1. The van der Waals surface area contributed by atoms with Gasteiger partial charge in [0.05, 0.1) is 11.5 Å². The third kappa shape index (κ3) is 2.22. The molecule has 1 aliphatic heterocycles. The van der Waals surface area contributed by atoms with Crippen LogP contribution in [0.2, 0.25) is 0 Å². The maximum atomic E-state index is 12.2. The zero-order chi connectivity index (χ0) is 16.1. The number of carbonyl (C=O) groups excluding carboxylic acids is 1. The Morgan fingerprint density at radius 2 is 1.68 bits per heavy atom. The summed E-state index contributed by atoms with van der Waals surface area (Å²) in [7, 11) is 0. The molecule has 22 heavy (non-hydrogen) atoms. The van der Waals surface area contributed by atoms with E-state index in [-0.39, 0.29) is 11.9 Å². The Morgan fingerprint density at radius 1 is 1.05 bits per heavy atom. The van der Waals surface area contributed by atoms with Crippen LogP contribution in [0.1, 0.15) is 47.7 Å². The molecule has 1 aliphatic rings. The van der Waals surface area contributed by atoms with E-state index in [9.17, 15) is 4.79 Å². The van der Waals surface area contributed by atoms with Gasteiger partial charge in [-0.25, -0.2) is 0 Å². The zero-order valence-electron chi connectivity index (χ0n) is 13.5. The minimum Gasteiger partial charge on any atom is -0.325 e. The van der Waals surface area contributed by atoms with Gasteiger partial charge in [0.15, 0.2) is 0 Å². The normalized spacial score (nSPS) is 17.0. The first-order valence-corrected chi connectivity index (χ1v) is 7.59. The molecule has 1 heterocycles. The number of hydrogen-bond acceptors (Lipinski definition) is 2. The molecule has 114 valence electrons. The molecular weight excluding hydrogens is 272 g/mol. The average Bonchev–Trinajstić information content (AvgIpc) is 2.71. The highest BCUT2D eigenvalue weighted by Crippen LogP contribution is 2.41. The van der Waals surface area contributed by atoms with Gasteiger partial charge in [-0.15, -0.1) is 0 Å². The van der Waals surface area contributed by atoms with Gasteiger partial charge in [-0.3, -0.25) is 4.79 Å². The highest BCUT2D eigenvalue weighted by atomic mass is 16.2. The zero-order valence-corrected chi connectivity index (χ0v) is 13.5. The number of hydrogen-bond donors (Lipinski definition) is 2. The van der Waals surface area contributed by atoms with Gasteiger partial charge < -0.3 is 11.1 Å². The van der Waals surface area contributed by atoms with Gasteiger partial charge in [0, 0.05) is 5.69 Å². The Kier molecular flexibility index (Phi) is 3.33. The van der Waals surface area contributed by atoms with E-state index in [4.69, 9.17) is 5.73 Å². The number of nitrogens with one attached hydrogen (secondary N) is 1. The molecule has 0 fully saturated rings. The van der Waals surface area contributed by atoms with Gasteiger partial charge in [0.25, 0.3) is 0 Å². The van der Waals surface area contributed by atoms with Crippen molar-refractivity contribution in [3.8, 4) is 0 Å². The highest BCUT2D eigenvalue weighted by Gasteiger charge is 2.39. The Hall–Kier alpha value is -2.13. The molecule has 3 nitrogen and oxygen atoms in total. The molecule has 3 rings (SSSR count). The quantitative estimate of drug-likeness (QED) is 0.889. The molecular formula is C19H22N2O.